The molecule has 0 saturated carbocycles. The third kappa shape index (κ3) is 2.98. The lowest BCUT2D eigenvalue weighted by Crippen LogP contribution is -2.53. The van der Waals surface area contributed by atoms with Crippen LogP contribution in [0.2, 0.25) is 0 Å². The average molecular weight is 197 g/mol. The number of hydrogen-bond acceptors (Lipinski definition) is 1. The van der Waals surface area contributed by atoms with Crippen molar-refractivity contribution in [2.24, 2.45) is 10.8 Å². The first-order chi connectivity index (χ1) is 6.21. The van der Waals surface area contributed by atoms with Gasteiger partial charge in [-0.2, -0.15) is 0 Å². The van der Waals surface area contributed by atoms with Crippen molar-refractivity contribution < 1.29 is 0 Å². The molecule has 0 unspecified atom stereocenters. The van der Waals surface area contributed by atoms with Crippen LogP contribution in [-0.4, -0.2) is 12.1 Å². The van der Waals surface area contributed by atoms with E-state index in [0.29, 0.717) is 22.9 Å². The zero-order valence-corrected chi connectivity index (χ0v) is 10.8. The minimum absolute atomic E-state index is 0.407. The SMILES string of the molecule is CC(C)(C)[C@H]1CCC[C@H](C(C)(C)C)N1. The quantitative estimate of drug-likeness (QED) is 0.626. The molecule has 0 radical (unpaired) electrons. The predicted molar refractivity (Wildman–Crippen MR) is 63.5 cm³/mol. The highest BCUT2D eigenvalue weighted by Crippen LogP contribution is 2.33. The van der Waals surface area contributed by atoms with Crippen LogP contribution < -0.4 is 5.32 Å². The maximum Gasteiger partial charge on any atom is 0.0118 e. The van der Waals surface area contributed by atoms with Crippen molar-refractivity contribution in [3.63, 3.8) is 0 Å². The molecule has 1 aliphatic rings. The van der Waals surface area contributed by atoms with Gasteiger partial charge in [-0.1, -0.05) is 48.0 Å². The van der Waals surface area contributed by atoms with Crippen LogP contribution in [0.5, 0.6) is 0 Å². The molecule has 0 aliphatic carbocycles. The Hall–Kier alpha value is -0.0400. The fraction of sp³-hybridized carbons (Fsp3) is 1.00. The molecule has 14 heavy (non-hydrogen) atoms. The summed E-state index contributed by atoms with van der Waals surface area (Å²) in [7, 11) is 0. The van der Waals surface area contributed by atoms with Gasteiger partial charge in [0.05, 0.1) is 0 Å². The smallest absolute Gasteiger partial charge is 0.0118 e. The second kappa shape index (κ2) is 3.84. The molecule has 1 N–H and O–H groups in total. The topological polar surface area (TPSA) is 12.0 Å². The van der Waals surface area contributed by atoms with Crippen LogP contribution >= 0.6 is 0 Å². The van der Waals surface area contributed by atoms with Gasteiger partial charge in [-0.15, -0.1) is 0 Å². The molecule has 1 aliphatic heterocycles. The Bertz CT molecular complexity index is 162. The largest absolute Gasteiger partial charge is 0.310 e. The Morgan fingerprint density at radius 3 is 1.43 bits per heavy atom. The third-order valence-electron chi connectivity index (χ3n) is 3.48. The lowest BCUT2D eigenvalue weighted by Gasteiger charge is -2.44. The monoisotopic (exact) mass is 197 g/mol. The van der Waals surface area contributed by atoms with E-state index in [0.717, 1.165) is 0 Å². The van der Waals surface area contributed by atoms with Gasteiger partial charge in [0.25, 0.3) is 0 Å². The summed E-state index contributed by atoms with van der Waals surface area (Å²) in [5.74, 6) is 0. The first-order valence-electron chi connectivity index (χ1n) is 5.97. The summed E-state index contributed by atoms with van der Waals surface area (Å²) in [4.78, 5) is 0. The van der Waals surface area contributed by atoms with Gasteiger partial charge in [0.1, 0.15) is 0 Å². The van der Waals surface area contributed by atoms with E-state index >= 15 is 0 Å². The second-order valence-electron chi connectivity index (χ2n) is 6.93. The molecular formula is C13H27N. The molecule has 84 valence electrons. The molecule has 0 amide bonds. The van der Waals surface area contributed by atoms with Crippen LogP contribution in [-0.2, 0) is 0 Å². The van der Waals surface area contributed by atoms with E-state index in [9.17, 15) is 0 Å². The van der Waals surface area contributed by atoms with Gasteiger partial charge in [-0.25, -0.2) is 0 Å². The van der Waals surface area contributed by atoms with Crippen LogP contribution in [0.15, 0.2) is 0 Å². The Morgan fingerprint density at radius 1 is 0.786 bits per heavy atom. The normalized spacial score (nSPS) is 30.4. The Kier molecular flexibility index (Phi) is 3.30. The summed E-state index contributed by atoms with van der Waals surface area (Å²) in [5, 5.41) is 3.83. The summed E-state index contributed by atoms with van der Waals surface area (Å²) in [6, 6.07) is 1.39. The van der Waals surface area contributed by atoms with E-state index in [1.54, 1.807) is 0 Å². The Balaban J connectivity index is 2.61. The van der Waals surface area contributed by atoms with Gasteiger partial charge in [-0.3, -0.25) is 0 Å². The molecule has 0 aromatic heterocycles. The molecular weight excluding hydrogens is 170 g/mol. The first kappa shape index (κ1) is 12.0. The van der Waals surface area contributed by atoms with E-state index in [1.807, 2.05) is 0 Å². The van der Waals surface area contributed by atoms with Gasteiger partial charge in [-0.05, 0) is 23.7 Å². The highest BCUT2D eigenvalue weighted by molar-refractivity contribution is 4.92. The molecule has 0 bridgehead atoms. The third-order valence-corrected chi connectivity index (χ3v) is 3.48. The standard InChI is InChI=1S/C13H27N/c1-12(2,3)10-8-7-9-11(14-10)13(4,5)6/h10-11,14H,7-9H2,1-6H3/t10-,11-/m1/s1. The zero-order chi connectivity index (χ0) is 11.0. The van der Waals surface area contributed by atoms with E-state index in [2.05, 4.69) is 46.9 Å². The molecule has 0 aromatic carbocycles. The number of hydrogen-bond donors (Lipinski definition) is 1. The van der Waals surface area contributed by atoms with E-state index in [-0.39, 0.29) is 0 Å². The van der Waals surface area contributed by atoms with Crippen molar-refractivity contribution in [2.75, 3.05) is 0 Å². The molecule has 1 heterocycles. The molecule has 0 spiro atoms. The van der Waals surface area contributed by atoms with Crippen molar-refractivity contribution in [1.29, 1.82) is 0 Å². The summed E-state index contributed by atoms with van der Waals surface area (Å²) >= 11 is 0. The summed E-state index contributed by atoms with van der Waals surface area (Å²) in [5.41, 5.74) is 0.813. The van der Waals surface area contributed by atoms with E-state index < -0.39 is 0 Å². The lowest BCUT2D eigenvalue weighted by molar-refractivity contribution is 0.133. The van der Waals surface area contributed by atoms with Gasteiger partial charge in [0, 0.05) is 12.1 Å². The predicted octanol–water partition coefficient (Wildman–Crippen LogP) is 3.59. The Morgan fingerprint density at radius 2 is 1.14 bits per heavy atom. The number of rotatable bonds is 0. The molecule has 1 heteroatoms. The summed E-state index contributed by atoms with van der Waals surface area (Å²) < 4.78 is 0. The summed E-state index contributed by atoms with van der Waals surface area (Å²) in [6.45, 7) is 14.1. The highest BCUT2D eigenvalue weighted by atomic mass is 15.0. The maximum atomic E-state index is 3.83. The average Bonchev–Trinajstić information content (AvgIpc) is 2.01. The van der Waals surface area contributed by atoms with Crippen LogP contribution in [0.1, 0.15) is 60.8 Å². The molecule has 2 atom stereocenters. The fourth-order valence-electron chi connectivity index (χ4n) is 2.30. The van der Waals surface area contributed by atoms with Crippen LogP contribution in [0.3, 0.4) is 0 Å². The summed E-state index contributed by atoms with van der Waals surface area (Å²) in [6.07, 6.45) is 4.07. The van der Waals surface area contributed by atoms with Crippen LogP contribution in [0, 0.1) is 10.8 Å². The van der Waals surface area contributed by atoms with Gasteiger partial charge in [0.15, 0.2) is 0 Å². The molecule has 0 aromatic rings. The molecule has 1 fully saturated rings. The minimum atomic E-state index is 0.407. The number of nitrogens with one attached hydrogen (secondary N) is 1. The first-order valence-corrected chi connectivity index (χ1v) is 5.97. The van der Waals surface area contributed by atoms with Crippen LogP contribution in [0.4, 0.5) is 0 Å². The van der Waals surface area contributed by atoms with E-state index in [1.165, 1.54) is 19.3 Å². The lowest BCUT2D eigenvalue weighted by atomic mass is 9.75. The van der Waals surface area contributed by atoms with Gasteiger partial charge < -0.3 is 5.32 Å². The van der Waals surface area contributed by atoms with Crippen molar-refractivity contribution in [3.05, 3.63) is 0 Å². The van der Waals surface area contributed by atoms with Crippen molar-refractivity contribution in [2.45, 2.75) is 72.9 Å². The van der Waals surface area contributed by atoms with E-state index in [4.69, 9.17) is 0 Å². The highest BCUT2D eigenvalue weighted by Gasteiger charge is 2.34. The van der Waals surface area contributed by atoms with Crippen molar-refractivity contribution in [1.82, 2.24) is 5.32 Å². The molecule has 1 saturated heterocycles. The molecule has 1 rings (SSSR count). The fourth-order valence-corrected chi connectivity index (χ4v) is 2.30. The van der Waals surface area contributed by atoms with Crippen LogP contribution in [0.25, 0.3) is 0 Å². The second-order valence-corrected chi connectivity index (χ2v) is 6.93. The number of piperidine rings is 1. The van der Waals surface area contributed by atoms with Crippen molar-refractivity contribution >= 4 is 0 Å². The maximum absolute atomic E-state index is 3.83. The van der Waals surface area contributed by atoms with Gasteiger partial charge in [0.2, 0.25) is 0 Å². The minimum Gasteiger partial charge on any atom is -0.310 e. The van der Waals surface area contributed by atoms with Crippen molar-refractivity contribution in [3.8, 4) is 0 Å². The zero-order valence-electron chi connectivity index (χ0n) is 10.8. The van der Waals surface area contributed by atoms with Gasteiger partial charge >= 0.3 is 0 Å². The molecule has 1 nitrogen and oxygen atoms in total. The Labute approximate surface area is 89.7 Å².